The van der Waals surface area contributed by atoms with Crippen molar-refractivity contribution in [2.24, 2.45) is 26.9 Å². The fourth-order valence-electron chi connectivity index (χ4n) is 1.94. The molecule has 4 nitrogen and oxygen atoms in total. The average Bonchev–Trinajstić information content (AvgIpc) is 2.24. The van der Waals surface area contributed by atoms with Crippen LogP contribution in [0.4, 0.5) is 0 Å². The van der Waals surface area contributed by atoms with Crippen LogP contribution in [0.2, 0.25) is 0 Å². The van der Waals surface area contributed by atoms with E-state index in [0.29, 0.717) is 5.96 Å². The molecule has 0 saturated heterocycles. The third kappa shape index (κ3) is 3.59. The molecule has 0 aromatic rings. The quantitative estimate of drug-likeness (QED) is 0.677. The van der Waals surface area contributed by atoms with Crippen LogP contribution in [0.3, 0.4) is 0 Å². The van der Waals surface area contributed by atoms with Gasteiger partial charge in [-0.3, -0.25) is 0 Å². The molecule has 0 bridgehead atoms. The Kier molecular flexibility index (Phi) is 4.93. The molecule has 0 radical (unpaired) electrons. The van der Waals surface area contributed by atoms with Crippen LogP contribution in [0.15, 0.2) is 9.98 Å². The van der Waals surface area contributed by atoms with Crippen LogP contribution < -0.4 is 11.5 Å². The summed E-state index contributed by atoms with van der Waals surface area (Å²) < 4.78 is 0. The van der Waals surface area contributed by atoms with E-state index in [1.54, 1.807) is 0 Å². The Morgan fingerprint density at radius 1 is 1.31 bits per heavy atom. The maximum atomic E-state index is 5.99. The molecule has 0 fully saturated rings. The van der Waals surface area contributed by atoms with Gasteiger partial charge in [0.15, 0.2) is 0 Å². The van der Waals surface area contributed by atoms with Crippen molar-refractivity contribution in [3.05, 3.63) is 0 Å². The lowest BCUT2D eigenvalue weighted by atomic mass is 9.82. The van der Waals surface area contributed by atoms with Gasteiger partial charge >= 0.3 is 0 Å². The van der Waals surface area contributed by atoms with Gasteiger partial charge in [0, 0.05) is 11.6 Å². The van der Waals surface area contributed by atoms with Crippen LogP contribution in [0.5, 0.6) is 0 Å². The predicted octanol–water partition coefficient (Wildman–Crippen LogP) is 2.04. The molecule has 1 aliphatic heterocycles. The third-order valence-electron chi connectivity index (χ3n) is 3.26. The molecular weight excluding hydrogens is 200 g/mol. The molecule has 2 atom stereocenters. The Labute approximate surface area is 98.2 Å². The molecular formula is C12H24N4. The average molecular weight is 224 g/mol. The summed E-state index contributed by atoms with van der Waals surface area (Å²) in [6.45, 7) is 4.33. The van der Waals surface area contributed by atoms with Gasteiger partial charge in [-0.25, -0.2) is 9.98 Å². The van der Waals surface area contributed by atoms with Crippen molar-refractivity contribution in [1.29, 1.82) is 0 Å². The van der Waals surface area contributed by atoms with E-state index in [0.717, 1.165) is 6.42 Å². The fraction of sp³-hybridized carbons (Fsp3) is 0.833. The van der Waals surface area contributed by atoms with Gasteiger partial charge in [0.25, 0.3) is 0 Å². The van der Waals surface area contributed by atoms with Crippen molar-refractivity contribution in [3.63, 3.8) is 0 Å². The van der Waals surface area contributed by atoms with Gasteiger partial charge in [0.2, 0.25) is 5.96 Å². The van der Waals surface area contributed by atoms with Crippen molar-refractivity contribution in [1.82, 2.24) is 0 Å². The van der Waals surface area contributed by atoms with Gasteiger partial charge in [-0.05, 0) is 6.42 Å². The van der Waals surface area contributed by atoms with E-state index in [9.17, 15) is 0 Å². The number of hydrogen-bond donors (Lipinski definition) is 2. The second-order valence-electron chi connectivity index (χ2n) is 4.86. The Hall–Kier alpha value is -0.900. The highest BCUT2D eigenvalue weighted by Crippen LogP contribution is 2.28. The molecule has 1 rings (SSSR count). The fourth-order valence-corrected chi connectivity index (χ4v) is 1.94. The molecule has 0 aromatic carbocycles. The van der Waals surface area contributed by atoms with Crippen molar-refractivity contribution in [3.8, 4) is 0 Å². The second-order valence-corrected chi connectivity index (χ2v) is 4.86. The predicted molar refractivity (Wildman–Crippen MR) is 69.6 cm³/mol. The highest BCUT2D eigenvalue weighted by molar-refractivity contribution is 5.90. The Morgan fingerprint density at radius 3 is 2.62 bits per heavy atom. The minimum absolute atomic E-state index is 0.116. The summed E-state index contributed by atoms with van der Waals surface area (Å²) in [5, 5.41) is 0. The first-order chi connectivity index (χ1) is 7.58. The van der Waals surface area contributed by atoms with E-state index >= 15 is 0 Å². The van der Waals surface area contributed by atoms with E-state index in [-0.39, 0.29) is 11.6 Å². The highest BCUT2D eigenvalue weighted by Gasteiger charge is 2.31. The standard InChI is InChI=1S/C12H24N4/c1-3-4-5-6-7-8-12(2)9-15-11(14)16-10(12)13/h9-10H,3-8,13H2,1-2H3,(H2,14,16). The first-order valence-electron chi connectivity index (χ1n) is 6.22. The van der Waals surface area contributed by atoms with Gasteiger partial charge in [-0.15, -0.1) is 0 Å². The largest absolute Gasteiger partial charge is 0.368 e. The van der Waals surface area contributed by atoms with Gasteiger partial charge in [0.1, 0.15) is 6.17 Å². The summed E-state index contributed by atoms with van der Waals surface area (Å²) in [6.07, 6.45) is 9.04. The summed E-state index contributed by atoms with van der Waals surface area (Å²) >= 11 is 0. The molecule has 4 N–H and O–H groups in total. The lowest BCUT2D eigenvalue weighted by Gasteiger charge is -2.31. The molecule has 0 spiro atoms. The number of nitrogens with zero attached hydrogens (tertiary/aromatic N) is 2. The topological polar surface area (TPSA) is 76.8 Å². The monoisotopic (exact) mass is 224 g/mol. The van der Waals surface area contributed by atoms with Gasteiger partial charge in [-0.2, -0.15) is 0 Å². The Bertz CT molecular complexity index is 272. The number of guanidine groups is 1. The van der Waals surface area contributed by atoms with E-state index in [1.165, 1.54) is 32.1 Å². The summed E-state index contributed by atoms with van der Waals surface area (Å²) in [7, 11) is 0. The van der Waals surface area contributed by atoms with E-state index < -0.39 is 0 Å². The molecule has 2 unspecified atom stereocenters. The molecule has 0 amide bonds. The van der Waals surface area contributed by atoms with Crippen LogP contribution in [0, 0.1) is 5.41 Å². The van der Waals surface area contributed by atoms with Crippen LogP contribution in [0.25, 0.3) is 0 Å². The van der Waals surface area contributed by atoms with E-state index in [1.807, 2.05) is 6.21 Å². The smallest absolute Gasteiger partial charge is 0.216 e. The molecule has 1 heterocycles. The molecule has 92 valence electrons. The zero-order valence-electron chi connectivity index (χ0n) is 10.4. The summed E-state index contributed by atoms with van der Waals surface area (Å²) in [5.74, 6) is 0.302. The van der Waals surface area contributed by atoms with Crippen molar-refractivity contribution >= 4 is 12.2 Å². The van der Waals surface area contributed by atoms with Crippen molar-refractivity contribution < 1.29 is 0 Å². The Morgan fingerprint density at radius 2 is 2.00 bits per heavy atom. The SMILES string of the molecule is CCCCCCCC1(C)C=NC(N)=NC1N. The minimum atomic E-state index is -0.240. The lowest BCUT2D eigenvalue weighted by molar-refractivity contribution is 0.337. The number of hydrogen-bond acceptors (Lipinski definition) is 4. The van der Waals surface area contributed by atoms with Crippen LogP contribution >= 0.6 is 0 Å². The lowest BCUT2D eigenvalue weighted by Crippen LogP contribution is -2.43. The summed E-state index contributed by atoms with van der Waals surface area (Å²) in [6, 6.07) is 0. The third-order valence-corrected chi connectivity index (χ3v) is 3.26. The van der Waals surface area contributed by atoms with Gasteiger partial charge in [-0.1, -0.05) is 46.0 Å². The van der Waals surface area contributed by atoms with Crippen molar-refractivity contribution in [2.75, 3.05) is 0 Å². The van der Waals surface area contributed by atoms with Crippen LogP contribution in [-0.4, -0.2) is 18.3 Å². The Balaban J connectivity index is 2.33. The number of nitrogens with two attached hydrogens (primary N) is 2. The van der Waals surface area contributed by atoms with E-state index in [2.05, 4.69) is 23.8 Å². The maximum Gasteiger partial charge on any atom is 0.216 e. The molecule has 16 heavy (non-hydrogen) atoms. The van der Waals surface area contributed by atoms with Gasteiger partial charge in [0.05, 0.1) is 0 Å². The summed E-state index contributed by atoms with van der Waals surface area (Å²) in [5.41, 5.74) is 11.4. The number of unbranched alkanes of at least 4 members (excludes halogenated alkanes) is 4. The highest BCUT2D eigenvalue weighted by atomic mass is 15.1. The maximum absolute atomic E-state index is 5.99. The zero-order chi connectivity index (χ0) is 12.0. The molecule has 0 aromatic heterocycles. The van der Waals surface area contributed by atoms with Crippen LogP contribution in [-0.2, 0) is 0 Å². The summed E-state index contributed by atoms with van der Waals surface area (Å²) in [4.78, 5) is 8.20. The first-order valence-corrected chi connectivity index (χ1v) is 6.22. The molecule has 1 aliphatic rings. The van der Waals surface area contributed by atoms with Crippen molar-refractivity contribution in [2.45, 2.75) is 58.5 Å². The second kappa shape index (κ2) is 5.99. The van der Waals surface area contributed by atoms with Crippen LogP contribution in [0.1, 0.15) is 52.4 Å². The van der Waals surface area contributed by atoms with E-state index in [4.69, 9.17) is 11.5 Å². The minimum Gasteiger partial charge on any atom is -0.368 e. The normalized spacial score (nSPS) is 29.2. The number of rotatable bonds is 6. The molecule has 0 saturated carbocycles. The molecule has 4 heteroatoms. The first kappa shape index (κ1) is 13.2. The number of aliphatic imine (C=N–C) groups is 2. The molecule has 0 aliphatic carbocycles. The van der Waals surface area contributed by atoms with Gasteiger partial charge < -0.3 is 11.5 Å². The zero-order valence-corrected chi connectivity index (χ0v) is 10.4.